The minimum Gasteiger partial charge on any atom is -0.370 e. The van der Waals surface area contributed by atoms with Crippen LogP contribution in [-0.4, -0.2) is 77.3 Å². The van der Waals surface area contributed by atoms with Crippen LogP contribution in [0.3, 0.4) is 0 Å². The smallest absolute Gasteiger partial charge is 0.226 e. The van der Waals surface area contributed by atoms with Crippen molar-refractivity contribution in [1.29, 1.82) is 0 Å². The zero-order valence-electron chi connectivity index (χ0n) is 29.2. The van der Waals surface area contributed by atoms with Crippen LogP contribution in [0.1, 0.15) is 116 Å². The fourth-order valence-corrected chi connectivity index (χ4v) is 7.36. The Kier molecular flexibility index (Phi) is 22.8. The van der Waals surface area contributed by atoms with Gasteiger partial charge in [0.05, 0.1) is 0 Å². The number of rotatable bonds is 16. The third-order valence-corrected chi connectivity index (χ3v) is 9.87. The van der Waals surface area contributed by atoms with E-state index < -0.39 is 0 Å². The molecule has 3 fully saturated rings. The molecule has 3 aliphatic rings. The van der Waals surface area contributed by atoms with Crippen LogP contribution >= 0.6 is 46.4 Å². The van der Waals surface area contributed by atoms with Crippen molar-refractivity contribution in [3.05, 3.63) is 32.9 Å². The van der Waals surface area contributed by atoms with Crippen LogP contribution in [0.5, 0.6) is 0 Å². The maximum atomic E-state index is 6.18. The Morgan fingerprint density at radius 2 is 0.939 bits per heavy atom. The molecule has 7 N–H and O–H groups in total. The summed E-state index contributed by atoms with van der Waals surface area (Å²) in [5, 5.41) is 18.6. The van der Waals surface area contributed by atoms with Crippen molar-refractivity contribution >= 4 is 58.2 Å². The van der Waals surface area contributed by atoms with Gasteiger partial charge in [0.1, 0.15) is 21.3 Å². The molecule has 0 aliphatic heterocycles. The van der Waals surface area contributed by atoms with E-state index in [1.54, 1.807) is 6.07 Å². The first-order valence-electron chi connectivity index (χ1n) is 18.7. The molecule has 0 aromatic carbocycles. The lowest BCUT2D eigenvalue weighted by molar-refractivity contribution is 0.373. The van der Waals surface area contributed by atoms with Crippen LogP contribution in [-0.2, 0) is 0 Å². The molecule has 49 heavy (non-hydrogen) atoms. The fourth-order valence-electron chi connectivity index (χ4n) is 6.49. The second kappa shape index (κ2) is 26.5. The molecule has 0 unspecified atom stereocenters. The SMILES string of the molecule is Clc1cc(Cl)nc(Cl)n1.Clc1cc(NCCCNC2CCCCC2)nc(NCCCNC2CCCCC2)n1.NCCCNC1CCCCC1. The van der Waals surface area contributed by atoms with E-state index in [0.29, 0.717) is 11.1 Å². The number of halogens is 4. The number of nitrogens with one attached hydrogen (secondary N) is 5. The van der Waals surface area contributed by atoms with Crippen LogP contribution in [0.15, 0.2) is 12.1 Å². The van der Waals surface area contributed by atoms with Crippen molar-refractivity contribution in [2.75, 3.05) is 49.9 Å². The van der Waals surface area contributed by atoms with Crippen molar-refractivity contribution < 1.29 is 0 Å². The van der Waals surface area contributed by atoms with Crippen molar-refractivity contribution in [2.24, 2.45) is 5.73 Å². The Morgan fingerprint density at radius 1 is 0.510 bits per heavy atom. The van der Waals surface area contributed by atoms with Gasteiger partial charge in [-0.15, -0.1) is 0 Å². The van der Waals surface area contributed by atoms with Gasteiger partial charge in [0.25, 0.3) is 0 Å². The van der Waals surface area contributed by atoms with Gasteiger partial charge in [0, 0.05) is 43.3 Å². The standard InChI is InChI=1S/C22H39ClN6.C9H20N2.C4HCl3N2/c23-20-17-21(26-15-7-13-24-18-9-3-1-4-10-18)29-22(28-20)27-16-8-14-25-19-11-5-2-6-12-19;10-7-4-8-11-9-5-2-1-3-6-9;5-2-1-3(6)9-4(7)8-2/h17-19,24-25H,1-16H2,(H2,26,27,28,29);9,11H,1-8,10H2;1H. The molecule has 0 bridgehead atoms. The molecular formula is C35H60Cl4N10. The summed E-state index contributed by atoms with van der Waals surface area (Å²) in [5.74, 6) is 1.41. The van der Waals surface area contributed by atoms with Crippen LogP contribution < -0.4 is 32.3 Å². The highest BCUT2D eigenvalue weighted by atomic mass is 35.5. The van der Waals surface area contributed by atoms with Crippen molar-refractivity contribution in [3.8, 4) is 0 Å². The minimum absolute atomic E-state index is 0.0625. The van der Waals surface area contributed by atoms with Gasteiger partial charge in [0.15, 0.2) is 0 Å². The average Bonchev–Trinajstić information content (AvgIpc) is 3.09. The van der Waals surface area contributed by atoms with Gasteiger partial charge in [-0.1, -0.05) is 92.6 Å². The summed E-state index contributed by atoms with van der Waals surface area (Å²) in [4.78, 5) is 16.0. The third kappa shape index (κ3) is 20.4. The average molecular weight is 763 g/mol. The van der Waals surface area contributed by atoms with Gasteiger partial charge in [-0.25, -0.2) is 15.0 Å². The zero-order chi connectivity index (χ0) is 34.9. The number of nitrogens with zero attached hydrogens (tertiary/aromatic N) is 4. The second-order valence-electron chi connectivity index (χ2n) is 13.3. The molecule has 0 atom stereocenters. The number of hydrogen-bond donors (Lipinski definition) is 6. The van der Waals surface area contributed by atoms with Crippen molar-refractivity contribution in [3.63, 3.8) is 0 Å². The molecule has 278 valence electrons. The molecule has 14 heteroatoms. The topological polar surface area (TPSA) is 138 Å². The van der Waals surface area contributed by atoms with E-state index in [0.717, 1.165) is 82.5 Å². The van der Waals surface area contributed by atoms with Crippen molar-refractivity contribution in [2.45, 2.75) is 134 Å². The van der Waals surface area contributed by atoms with E-state index in [-0.39, 0.29) is 15.6 Å². The summed E-state index contributed by atoms with van der Waals surface area (Å²) in [6, 6.07) is 5.45. The predicted octanol–water partition coefficient (Wildman–Crippen LogP) is 8.27. The van der Waals surface area contributed by atoms with E-state index in [1.165, 1.54) is 102 Å². The summed E-state index contributed by atoms with van der Waals surface area (Å²) < 4.78 is 0. The van der Waals surface area contributed by atoms with E-state index in [1.807, 2.05) is 0 Å². The normalized spacial score (nSPS) is 17.4. The molecule has 0 radical (unpaired) electrons. The van der Waals surface area contributed by atoms with Crippen molar-refractivity contribution in [1.82, 2.24) is 35.9 Å². The molecule has 2 aromatic rings. The number of anilines is 2. The Balaban J connectivity index is 0.000000263. The summed E-state index contributed by atoms with van der Waals surface area (Å²) in [7, 11) is 0. The van der Waals surface area contributed by atoms with Gasteiger partial charge in [-0.2, -0.15) is 4.98 Å². The van der Waals surface area contributed by atoms with Gasteiger partial charge >= 0.3 is 0 Å². The van der Waals surface area contributed by atoms with Gasteiger partial charge in [-0.3, -0.25) is 0 Å². The van der Waals surface area contributed by atoms with Crippen LogP contribution in [0.2, 0.25) is 20.7 Å². The molecule has 3 aliphatic carbocycles. The zero-order valence-corrected chi connectivity index (χ0v) is 32.3. The van der Waals surface area contributed by atoms with Gasteiger partial charge in [-0.05, 0) is 95.6 Å². The van der Waals surface area contributed by atoms with E-state index in [4.69, 9.17) is 52.1 Å². The predicted molar refractivity (Wildman–Crippen MR) is 209 cm³/mol. The Hall–Kier alpha value is -1.24. The Labute approximate surface area is 315 Å². The highest BCUT2D eigenvalue weighted by Gasteiger charge is 2.13. The van der Waals surface area contributed by atoms with E-state index >= 15 is 0 Å². The fraction of sp³-hybridized carbons (Fsp3) is 0.771. The monoisotopic (exact) mass is 760 g/mol. The number of aromatic nitrogens is 4. The highest BCUT2D eigenvalue weighted by Crippen LogP contribution is 2.19. The maximum absolute atomic E-state index is 6.18. The number of hydrogen-bond acceptors (Lipinski definition) is 10. The van der Waals surface area contributed by atoms with E-state index in [2.05, 4.69) is 46.5 Å². The highest BCUT2D eigenvalue weighted by molar-refractivity contribution is 6.35. The molecule has 0 amide bonds. The second-order valence-corrected chi connectivity index (χ2v) is 14.8. The molecule has 10 nitrogen and oxygen atoms in total. The molecule has 2 heterocycles. The van der Waals surface area contributed by atoms with Crippen LogP contribution in [0.25, 0.3) is 0 Å². The van der Waals surface area contributed by atoms with Crippen LogP contribution in [0, 0.1) is 0 Å². The minimum atomic E-state index is 0.0625. The largest absolute Gasteiger partial charge is 0.370 e. The molecule has 2 aromatic heterocycles. The summed E-state index contributed by atoms with van der Waals surface area (Å²) in [5.41, 5.74) is 5.40. The van der Waals surface area contributed by atoms with Crippen LogP contribution in [0.4, 0.5) is 11.8 Å². The summed E-state index contributed by atoms with van der Waals surface area (Å²) >= 11 is 22.4. The lowest BCUT2D eigenvalue weighted by Gasteiger charge is -2.22. The lowest BCUT2D eigenvalue weighted by atomic mass is 9.95. The Bertz CT molecular complexity index is 1030. The maximum Gasteiger partial charge on any atom is 0.226 e. The molecule has 0 spiro atoms. The summed E-state index contributed by atoms with van der Waals surface area (Å²) in [6.45, 7) is 5.76. The van der Waals surface area contributed by atoms with Gasteiger partial charge in [0.2, 0.25) is 11.2 Å². The first-order valence-corrected chi connectivity index (χ1v) is 20.2. The molecule has 0 saturated heterocycles. The number of nitrogens with two attached hydrogens (primary N) is 1. The first-order chi connectivity index (χ1) is 23.9. The van der Waals surface area contributed by atoms with E-state index in [9.17, 15) is 0 Å². The lowest BCUT2D eigenvalue weighted by Crippen LogP contribution is -2.32. The third-order valence-electron chi connectivity index (χ3n) is 9.12. The molecular weight excluding hydrogens is 702 g/mol. The molecule has 5 rings (SSSR count). The van der Waals surface area contributed by atoms with Gasteiger partial charge < -0.3 is 32.3 Å². The quantitative estimate of drug-likeness (QED) is 0.0563. The molecule has 3 saturated carbocycles. The first kappa shape index (κ1) is 42.2. The summed E-state index contributed by atoms with van der Waals surface area (Å²) in [6.07, 6.45) is 23.9. The Morgan fingerprint density at radius 3 is 1.39 bits per heavy atom.